The SMILES string of the molecule is CCCCN(CCCC)c1ccc2cc(-c3nc4ccccc4s3)c(=O)oc2c1. The van der Waals surface area contributed by atoms with Gasteiger partial charge in [-0.1, -0.05) is 38.8 Å². The van der Waals surface area contributed by atoms with Crippen LogP contribution in [0, 0.1) is 0 Å². The highest BCUT2D eigenvalue weighted by atomic mass is 32.1. The lowest BCUT2D eigenvalue weighted by Gasteiger charge is -2.24. The molecule has 0 spiro atoms. The number of anilines is 1. The molecule has 2 heterocycles. The van der Waals surface area contributed by atoms with Crippen LogP contribution in [0.5, 0.6) is 0 Å². The smallest absolute Gasteiger partial charge is 0.346 e. The molecule has 4 nitrogen and oxygen atoms in total. The number of nitrogens with zero attached hydrogens (tertiary/aromatic N) is 2. The van der Waals surface area contributed by atoms with E-state index in [9.17, 15) is 4.79 Å². The van der Waals surface area contributed by atoms with Crippen LogP contribution in [0.4, 0.5) is 5.69 Å². The number of rotatable bonds is 8. The average Bonchev–Trinajstić information content (AvgIpc) is 3.17. The second-order valence-electron chi connectivity index (χ2n) is 7.35. The lowest BCUT2D eigenvalue weighted by molar-refractivity contribution is 0.563. The van der Waals surface area contributed by atoms with Crippen molar-refractivity contribution in [3.8, 4) is 10.6 Å². The molecule has 0 N–H and O–H groups in total. The molecule has 0 radical (unpaired) electrons. The normalized spacial score (nSPS) is 11.4. The van der Waals surface area contributed by atoms with Crippen LogP contribution in [0.15, 0.2) is 57.7 Å². The van der Waals surface area contributed by atoms with E-state index in [0.29, 0.717) is 16.2 Å². The molecule has 29 heavy (non-hydrogen) atoms. The molecule has 0 fully saturated rings. The number of benzene rings is 2. The Morgan fingerprint density at radius 2 is 1.76 bits per heavy atom. The van der Waals surface area contributed by atoms with Crippen molar-refractivity contribution in [2.24, 2.45) is 0 Å². The molecule has 0 aliphatic carbocycles. The molecule has 0 atom stereocenters. The first-order valence-corrected chi connectivity index (χ1v) is 11.2. The highest BCUT2D eigenvalue weighted by Crippen LogP contribution is 2.30. The monoisotopic (exact) mass is 406 g/mol. The zero-order valence-corrected chi connectivity index (χ0v) is 17.8. The molecule has 2 aromatic heterocycles. The second kappa shape index (κ2) is 8.78. The van der Waals surface area contributed by atoms with Crippen LogP contribution in [0.25, 0.3) is 31.8 Å². The molecule has 0 bridgehead atoms. The van der Waals surface area contributed by atoms with E-state index in [0.717, 1.165) is 60.1 Å². The van der Waals surface area contributed by atoms with Gasteiger partial charge in [-0.05, 0) is 43.2 Å². The number of fused-ring (bicyclic) bond motifs is 2. The molecule has 0 saturated heterocycles. The van der Waals surface area contributed by atoms with Crippen molar-refractivity contribution in [3.63, 3.8) is 0 Å². The number of hydrogen-bond acceptors (Lipinski definition) is 5. The summed E-state index contributed by atoms with van der Waals surface area (Å²) in [7, 11) is 0. The molecule has 2 aromatic carbocycles. The van der Waals surface area contributed by atoms with Gasteiger partial charge in [0.2, 0.25) is 0 Å². The van der Waals surface area contributed by atoms with Crippen LogP contribution < -0.4 is 10.5 Å². The first-order valence-electron chi connectivity index (χ1n) is 10.4. The highest BCUT2D eigenvalue weighted by molar-refractivity contribution is 7.21. The average molecular weight is 407 g/mol. The lowest BCUT2D eigenvalue weighted by atomic mass is 10.1. The Morgan fingerprint density at radius 1 is 1.00 bits per heavy atom. The van der Waals surface area contributed by atoms with Crippen molar-refractivity contribution in [2.45, 2.75) is 39.5 Å². The fourth-order valence-corrected chi connectivity index (χ4v) is 4.47. The van der Waals surface area contributed by atoms with Crippen molar-refractivity contribution in [1.29, 1.82) is 0 Å². The highest BCUT2D eigenvalue weighted by Gasteiger charge is 2.14. The first-order chi connectivity index (χ1) is 14.2. The van der Waals surface area contributed by atoms with Gasteiger partial charge >= 0.3 is 5.63 Å². The van der Waals surface area contributed by atoms with Crippen LogP contribution in [0.1, 0.15) is 39.5 Å². The molecule has 5 heteroatoms. The van der Waals surface area contributed by atoms with Crippen molar-refractivity contribution in [1.82, 2.24) is 4.98 Å². The Labute approximate surface area is 174 Å². The van der Waals surface area contributed by atoms with Crippen molar-refractivity contribution >= 4 is 38.2 Å². The Hall–Kier alpha value is -2.66. The summed E-state index contributed by atoms with van der Waals surface area (Å²) in [6, 6.07) is 16.0. The summed E-state index contributed by atoms with van der Waals surface area (Å²) in [5, 5.41) is 1.63. The van der Waals surface area contributed by atoms with Gasteiger partial charge in [0.15, 0.2) is 0 Å². The van der Waals surface area contributed by atoms with Crippen LogP contribution in [0.2, 0.25) is 0 Å². The van der Waals surface area contributed by atoms with Crippen molar-refractivity contribution in [2.75, 3.05) is 18.0 Å². The predicted octanol–water partition coefficient (Wildman–Crippen LogP) is 6.48. The van der Waals surface area contributed by atoms with E-state index in [2.05, 4.69) is 35.9 Å². The first kappa shape index (κ1) is 19.6. The molecule has 0 unspecified atom stereocenters. The lowest BCUT2D eigenvalue weighted by Crippen LogP contribution is -2.25. The Balaban J connectivity index is 1.71. The molecule has 0 amide bonds. The largest absolute Gasteiger partial charge is 0.422 e. The van der Waals surface area contributed by atoms with Gasteiger partial charge in [-0.3, -0.25) is 0 Å². The molecule has 0 saturated carbocycles. The van der Waals surface area contributed by atoms with Gasteiger partial charge in [0.05, 0.1) is 15.8 Å². The summed E-state index contributed by atoms with van der Waals surface area (Å²) in [6.07, 6.45) is 4.64. The van der Waals surface area contributed by atoms with E-state index in [1.54, 1.807) is 0 Å². The quantitative estimate of drug-likeness (QED) is 0.314. The van der Waals surface area contributed by atoms with Gasteiger partial charge in [0.1, 0.15) is 10.6 Å². The summed E-state index contributed by atoms with van der Waals surface area (Å²) in [5.74, 6) is 0. The third-order valence-electron chi connectivity index (χ3n) is 5.17. The molecule has 150 valence electrons. The Morgan fingerprint density at radius 3 is 2.48 bits per heavy atom. The fourth-order valence-electron chi connectivity index (χ4n) is 3.50. The minimum Gasteiger partial charge on any atom is -0.422 e. The Kier molecular flexibility index (Phi) is 5.95. The summed E-state index contributed by atoms with van der Waals surface area (Å²) < 4.78 is 6.80. The molecular formula is C24H26N2O2S. The van der Waals surface area contributed by atoms with E-state index < -0.39 is 0 Å². The number of para-hydroxylation sites is 1. The van der Waals surface area contributed by atoms with Crippen LogP contribution >= 0.6 is 11.3 Å². The van der Waals surface area contributed by atoms with E-state index >= 15 is 0 Å². The zero-order valence-electron chi connectivity index (χ0n) is 17.0. The van der Waals surface area contributed by atoms with E-state index in [4.69, 9.17) is 4.42 Å². The second-order valence-corrected chi connectivity index (χ2v) is 8.38. The zero-order chi connectivity index (χ0) is 20.2. The number of unbranched alkanes of at least 4 members (excludes halogenated alkanes) is 2. The van der Waals surface area contributed by atoms with Gasteiger partial charge in [0.25, 0.3) is 0 Å². The van der Waals surface area contributed by atoms with Crippen LogP contribution in [0.3, 0.4) is 0 Å². The van der Waals surface area contributed by atoms with Crippen LogP contribution in [-0.2, 0) is 0 Å². The fraction of sp³-hybridized carbons (Fsp3) is 0.333. The molecular weight excluding hydrogens is 380 g/mol. The van der Waals surface area contributed by atoms with Crippen molar-refractivity contribution in [3.05, 3.63) is 59.0 Å². The maximum Gasteiger partial charge on any atom is 0.346 e. The number of aromatic nitrogens is 1. The number of hydrogen-bond donors (Lipinski definition) is 0. The topological polar surface area (TPSA) is 46.3 Å². The van der Waals surface area contributed by atoms with Gasteiger partial charge in [-0.25, -0.2) is 9.78 Å². The molecule has 0 aliphatic rings. The maximum atomic E-state index is 12.7. The minimum absolute atomic E-state index is 0.331. The third-order valence-corrected chi connectivity index (χ3v) is 6.24. The molecule has 4 rings (SSSR count). The summed E-state index contributed by atoms with van der Waals surface area (Å²) in [5.41, 5.74) is 2.86. The molecule has 4 aromatic rings. The third kappa shape index (κ3) is 4.20. The van der Waals surface area contributed by atoms with Gasteiger partial charge < -0.3 is 9.32 Å². The van der Waals surface area contributed by atoms with Crippen molar-refractivity contribution < 1.29 is 4.42 Å². The predicted molar refractivity (Wildman–Crippen MR) is 123 cm³/mol. The maximum absolute atomic E-state index is 12.7. The Bertz CT molecular complexity index is 1140. The summed E-state index contributed by atoms with van der Waals surface area (Å²) in [4.78, 5) is 19.7. The van der Waals surface area contributed by atoms with Gasteiger partial charge in [0, 0.05) is 30.2 Å². The number of thiazole rings is 1. The summed E-state index contributed by atoms with van der Waals surface area (Å²) in [6.45, 7) is 6.47. The molecule has 0 aliphatic heterocycles. The summed E-state index contributed by atoms with van der Waals surface area (Å²) >= 11 is 1.52. The van der Waals surface area contributed by atoms with E-state index in [1.165, 1.54) is 11.3 Å². The van der Waals surface area contributed by atoms with E-state index in [1.807, 2.05) is 36.4 Å². The van der Waals surface area contributed by atoms with E-state index in [-0.39, 0.29) is 5.63 Å². The van der Waals surface area contributed by atoms with Crippen LogP contribution in [-0.4, -0.2) is 18.1 Å². The standard InChI is InChI=1S/C24H26N2O2S/c1-3-5-13-26(14-6-4-2)18-12-11-17-15-19(24(27)28-21(17)16-18)23-25-20-9-7-8-10-22(20)29-23/h7-12,15-16H,3-6,13-14H2,1-2H3. The van der Waals surface area contributed by atoms with Gasteiger partial charge in [-0.2, -0.15) is 0 Å². The van der Waals surface area contributed by atoms with Gasteiger partial charge in [-0.15, -0.1) is 11.3 Å². The minimum atomic E-state index is -0.331.